The Labute approximate surface area is 372 Å². The number of hydrogen-bond donors (Lipinski definition) is 1. The minimum Gasteiger partial charge on any atom is -0.344 e. The van der Waals surface area contributed by atoms with E-state index >= 15 is 0 Å². The maximum Gasteiger partial charge on any atom is 0.164 e. The summed E-state index contributed by atoms with van der Waals surface area (Å²) >= 11 is 0. The van der Waals surface area contributed by atoms with Crippen LogP contribution in [0.1, 0.15) is 22.9 Å². The molecule has 1 aliphatic rings. The van der Waals surface area contributed by atoms with Crippen LogP contribution in [0, 0.1) is 0 Å². The predicted octanol–water partition coefficient (Wildman–Crippen LogP) is 13.5. The van der Waals surface area contributed by atoms with Gasteiger partial charge in [-0.1, -0.05) is 212 Å². The molecule has 1 aliphatic heterocycles. The van der Waals surface area contributed by atoms with Crippen LogP contribution >= 0.6 is 0 Å². The zero-order chi connectivity index (χ0) is 42.7. The summed E-state index contributed by atoms with van der Waals surface area (Å²) in [6, 6.07) is 79.7. The third-order valence-electron chi connectivity index (χ3n) is 11.6. The molecule has 6 nitrogen and oxygen atoms in total. The average Bonchev–Trinajstić information content (AvgIpc) is 3.39. The lowest BCUT2D eigenvalue weighted by Gasteiger charge is -2.25. The van der Waals surface area contributed by atoms with Crippen molar-refractivity contribution >= 4 is 22.4 Å². The summed E-state index contributed by atoms with van der Waals surface area (Å²) in [7, 11) is 0. The Balaban J connectivity index is 1.07. The molecule has 1 unspecified atom stereocenters. The summed E-state index contributed by atoms with van der Waals surface area (Å²) in [6.07, 6.45) is -0.313. The van der Waals surface area contributed by atoms with Gasteiger partial charge in [-0.05, 0) is 67.9 Å². The molecule has 0 saturated carbocycles. The van der Waals surface area contributed by atoms with Crippen molar-refractivity contribution in [2.24, 2.45) is 9.98 Å². The first-order valence-electron chi connectivity index (χ1n) is 21.4. The van der Waals surface area contributed by atoms with Crippen LogP contribution in [-0.4, -0.2) is 26.6 Å². The molecule has 302 valence electrons. The summed E-state index contributed by atoms with van der Waals surface area (Å²) in [6.45, 7) is 0. The molecule has 0 fully saturated rings. The van der Waals surface area contributed by atoms with Gasteiger partial charge in [-0.2, -0.15) is 0 Å². The predicted molar refractivity (Wildman–Crippen MR) is 262 cm³/mol. The molecule has 0 aliphatic carbocycles. The number of rotatable bonds is 9. The lowest BCUT2D eigenvalue weighted by atomic mass is 9.88. The van der Waals surface area contributed by atoms with Crippen LogP contribution in [0.25, 0.3) is 78.3 Å². The fraction of sp³-hybridized carbons (Fsp3) is 0.0172. The summed E-state index contributed by atoms with van der Waals surface area (Å²) in [5.41, 5.74) is 12.3. The van der Waals surface area contributed by atoms with Crippen LogP contribution in [0.2, 0.25) is 0 Å². The van der Waals surface area contributed by atoms with Crippen LogP contribution in [0.5, 0.6) is 0 Å². The number of benzene rings is 9. The Kier molecular flexibility index (Phi) is 10.2. The largest absolute Gasteiger partial charge is 0.344 e. The van der Waals surface area contributed by atoms with Crippen molar-refractivity contribution in [3.8, 4) is 67.5 Å². The molecule has 0 amide bonds. The van der Waals surface area contributed by atoms with E-state index in [9.17, 15) is 0 Å². The maximum absolute atomic E-state index is 5.21. The second-order valence-corrected chi connectivity index (χ2v) is 15.7. The second kappa shape index (κ2) is 17.0. The number of aliphatic imine (C=N–C) groups is 2. The Morgan fingerprint density at radius 3 is 1.48 bits per heavy atom. The van der Waals surface area contributed by atoms with Crippen molar-refractivity contribution in [2.75, 3.05) is 0 Å². The molecule has 1 atom stereocenters. The molecule has 64 heavy (non-hydrogen) atoms. The molecule has 9 aromatic carbocycles. The molecule has 2 heterocycles. The quantitative estimate of drug-likeness (QED) is 0.157. The maximum atomic E-state index is 5.21. The summed E-state index contributed by atoms with van der Waals surface area (Å²) in [5, 5.41) is 5.87. The van der Waals surface area contributed by atoms with E-state index in [0.717, 1.165) is 83.4 Å². The van der Waals surface area contributed by atoms with Crippen LogP contribution in [0.15, 0.2) is 241 Å². The lowest BCUT2D eigenvalue weighted by molar-refractivity contribution is 0.674. The van der Waals surface area contributed by atoms with Crippen molar-refractivity contribution in [3.05, 3.63) is 247 Å². The van der Waals surface area contributed by atoms with Crippen molar-refractivity contribution in [1.82, 2.24) is 20.3 Å². The van der Waals surface area contributed by atoms with Crippen LogP contribution in [0.4, 0.5) is 0 Å². The van der Waals surface area contributed by atoms with Gasteiger partial charge in [0.1, 0.15) is 12.0 Å². The first kappa shape index (κ1) is 38.3. The highest BCUT2D eigenvalue weighted by Crippen LogP contribution is 2.40. The SMILES string of the molecule is c1ccc(C2=NC(c3ccccc3)NC(c3ccccc3-c3ccc(-c4cc(-c5nc(-c6ccccc6)nc(-c6ccccc6)n5)c5ccccc5c4)cc3-c3ccccc3)=N2)cc1. The number of aromatic nitrogens is 3. The minimum atomic E-state index is -0.313. The molecule has 1 N–H and O–H groups in total. The molecule has 1 aromatic heterocycles. The Morgan fingerprint density at radius 1 is 0.328 bits per heavy atom. The van der Waals surface area contributed by atoms with Gasteiger partial charge in [0.2, 0.25) is 0 Å². The number of fused-ring (bicyclic) bond motifs is 1. The average molecular weight is 821 g/mol. The molecule has 11 rings (SSSR count). The number of nitrogens with one attached hydrogen (secondary N) is 1. The van der Waals surface area contributed by atoms with Gasteiger partial charge in [0.25, 0.3) is 0 Å². The first-order valence-corrected chi connectivity index (χ1v) is 21.4. The smallest absolute Gasteiger partial charge is 0.164 e. The van der Waals surface area contributed by atoms with Crippen molar-refractivity contribution < 1.29 is 0 Å². The highest BCUT2D eigenvalue weighted by molar-refractivity contribution is 6.15. The molecular formula is C58H40N6. The lowest BCUT2D eigenvalue weighted by Crippen LogP contribution is -2.34. The Hall–Kier alpha value is -8.61. The van der Waals surface area contributed by atoms with Crippen molar-refractivity contribution in [2.45, 2.75) is 6.17 Å². The standard InChI is InChI=1S/C58H40N6/c1-6-20-39(21-7-1)51-37-44(34-35-49(51)48-32-18-19-33-50(48)57-61-53(40-22-8-2-9-23-40)59-54(62-57)41-24-10-3-11-25-41)46-36-45-30-16-17-31-47(45)52(38-46)58-63-55(42-26-12-4-13-27-42)60-56(64-58)43-28-14-5-15-29-43/h1-38,53H,(H,59,61,62). The zero-order valence-corrected chi connectivity index (χ0v) is 34.8. The van der Waals surface area contributed by atoms with Gasteiger partial charge in [-0.3, -0.25) is 0 Å². The van der Waals surface area contributed by atoms with Gasteiger partial charge < -0.3 is 5.32 Å². The minimum absolute atomic E-state index is 0.313. The van der Waals surface area contributed by atoms with E-state index in [2.05, 4.69) is 139 Å². The van der Waals surface area contributed by atoms with Gasteiger partial charge in [0, 0.05) is 27.8 Å². The molecule has 0 saturated heterocycles. The van der Waals surface area contributed by atoms with Crippen molar-refractivity contribution in [3.63, 3.8) is 0 Å². The molecule has 0 bridgehead atoms. The fourth-order valence-electron chi connectivity index (χ4n) is 8.44. The van der Waals surface area contributed by atoms with Crippen LogP contribution in [0.3, 0.4) is 0 Å². The summed E-state index contributed by atoms with van der Waals surface area (Å²) in [4.78, 5) is 25.6. The van der Waals surface area contributed by atoms with E-state index < -0.39 is 0 Å². The van der Waals surface area contributed by atoms with Gasteiger partial charge >= 0.3 is 0 Å². The molecule has 0 radical (unpaired) electrons. The van der Waals surface area contributed by atoms with E-state index in [4.69, 9.17) is 24.9 Å². The first-order chi connectivity index (χ1) is 31.7. The van der Waals surface area contributed by atoms with E-state index in [0.29, 0.717) is 23.3 Å². The number of nitrogens with zero attached hydrogens (tertiary/aromatic N) is 5. The van der Waals surface area contributed by atoms with Gasteiger partial charge in [-0.25, -0.2) is 24.9 Å². The normalized spacial score (nSPS) is 13.5. The fourth-order valence-corrected chi connectivity index (χ4v) is 8.44. The highest BCUT2D eigenvalue weighted by Gasteiger charge is 2.24. The van der Waals surface area contributed by atoms with Gasteiger partial charge in [0.05, 0.1) is 0 Å². The summed E-state index contributed by atoms with van der Waals surface area (Å²) in [5.74, 6) is 3.33. The van der Waals surface area contributed by atoms with E-state index in [-0.39, 0.29) is 6.17 Å². The molecule has 0 spiro atoms. The van der Waals surface area contributed by atoms with E-state index in [1.807, 2.05) is 97.1 Å². The van der Waals surface area contributed by atoms with E-state index in [1.165, 1.54) is 0 Å². The Bertz CT molecular complexity index is 3280. The Morgan fingerprint density at radius 2 is 0.828 bits per heavy atom. The van der Waals surface area contributed by atoms with Crippen LogP contribution in [-0.2, 0) is 0 Å². The molecular weight excluding hydrogens is 781 g/mol. The third-order valence-corrected chi connectivity index (χ3v) is 11.6. The van der Waals surface area contributed by atoms with Gasteiger partial charge in [-0.15, -0.1) is 0 Å². The van der Waals surface area contributed by atoms with Gasteiger partial charge in [0.15, 0.2) is 23.3 Å². The summed E-state index contributed by atoms with van der Waals surface area (Å²) < 4.78 is 0. The third kappa shape index (κ3) is 7.65. The van der Waals surface area contributed by atoms with Crippen molar-refractivity contribution in [1.29, 1.82) is 0 Å². The number of amidine groups is 2. The second-order valence-electron chi connectivity index (χ2n) is 15.7. The number of hydrogen-bond acceptors (Lipinski definition) is 6. The van der Waals surface area contributed by atoms with E-state index in [1.54, 1.807) is 0 Å². The topological polar surface area (TPSA) is 75.4 Å². The monoisotopic (exact) mass is 820 g/mol. The molecule has 6 heteroatoms. The highest BCUT2D eigenvalue weighted by atomic mass is 15.2. The van der Waals surface area contributed by atoms with Crippen LogP contribution < -0.4 is 5.32 Å². The molecule has 10 aromatic rings. The zero-order valence-electron chi connectivity index (χ0n) is 34.8.